The monoisotopic (exact) mass is 253 g/mol. The number of benzene rings is 1. The largest absolute Gasteiger partial charge is 0.314 e. The van der Waals surface area contributed by atoms with E-state index in [0.717, 1.165) is 10.2 Å². The molecule has 0 aliphatic carbocycles. The van der Waals surface area contributed by atoms with Crippen molar-refractivity contribution in [2.24, 2.45) is 0 Å². The molecule has 5 nitrogen and oxygen atoms in total. The van der Waals surface area contributed by atoms with Crippen LogP contribution in [0.15, 0.2) is 36.7 Å². The molecule has 1 aromatic carbocycles. The summed E-state index contributed by atoms with van der Waals surface area (Å²) in [5.41, 5.74) is 1.18. The van der Waals surface area contributed by atoms with Crippen LogP contribution >= 0.6 is 11.3 Å². The Kier molecular flexibility index (Phi) is 2.59. The average Bonchev–Trinajstić information content (AvgIpc) is 2.81. The fraction of sp³-hybridized carbons (Fsp3) is 0. The molecule has 2 aromatic heterocycles. The van der Waals surface area contributed by atoms with Gasteiger partial charge in [-0.05, 0) is 12.1 Å². The second-order valence-corrected chi connectivity index (χ2v) is 4.51. The van der Waals surface area contributed by atoms with Gasteiger partial charge in [-0.1, -0.05) is 23.5 Å². The quantitative estimate of drug-likeness (QED) is 0.760. The lowest BCUT2D eigenvalue weighted by atomic mass is 10.3. The van der Waals surface area contributed by atoms with Crippen molar-refractivity contribution in [3.63, 3.8) is 0 Å². The third kappa shape index (κ3) is 1.87. The van der Waals surface area contributed by atoms with Gasteiger partial charge in [0, 0.05) is 12.4 Å². The van der Waals surface area contributed by atoms with Crippen molar-refractivity contribution in [3.8, 4) is 6.07 Å². The first-order valence-electron chi connectivity index (χ1n) is 5.20. The van der Waals surface area contributed by atoms with E-state index >= 15 is 0 Å². The number of anilines is 2. The predicted octanol–water partition coefficient (Wildman–Crippen LogP) is 2.70. The van der Waals surface area contributed by atoms with E-state index in [-0.39, 0.29) is 5.69 Å². The Hall–Kier alpha value is -2.52. The average molecular weight is 253 g/mol. The maximum atomic E-state index is 8.93. The zero-order chi connectivity index (χ0) is 12.4. The van der Waals surface area contributed by atoms with E-state index in [1.165, 1.54) is 23.7 Å². The van der Waals surface area contributed by atoms with Crippen molar-refractivity contribution in [1.82, 2.24) is 15.0 Å². The normalized spacial score (nSPS) is 10.2. The van der Waals surface area contributed by atoms with Crippen molar-refractivity contribution in [2.45, 2.75) is 0 Å². The van der Waals surface area contributed by atoms with Gasteiger partial charge in [-0.25, -0.2) is 15.0 Å². The molecule has 0 amide bonds. The summed E-state index contributed by atoms with van der Waals surface area (Å²) in [6.45, 7) is 0. The van der Waals surface area contributed by atoms with Crippen LogP contribution in [0.4, 0.5) is 10.9 Å². The molecule has 6 heteroatoms. The first-order valence-corrected chi connectivity index (χ1v) is 6.02. The topological polar surface area (TPSA) is 74.5 Å². The Balaban J connectivity index is 1.99. The van der Waals surface area contributed by atoms with Gasteiger partial charge in [-0.15, -0.1) is 0 Å². The lowest BCUT2D eigenvalue weighted by molar-refractivity contribution is 1.16. The number of thiazole rings is 1. The van der Waals surface area contributed by atoms with Gasteiger partial charge in [-0.3, -0.25) is 0 Å². The molecule has 2 heterocycles. The van der Waals surface area contributed by atoms with Gasteiger partial charge in [0.15, 0.2) is 16.6 Å². The molecule has 0 saturated heterocycles. The van der Waals surface area contributed by atoms with Crippen LogP contribution in [-0.2, 0) is 0 Å². The lowest BCUT2D eigenvalue weighted by Crippen LogP contribution is -1.97. The minimum atomic E-state index is 0.261. The highest BCUT2D eigenvalue weighted by Gasteiger charge is 2.07. The van der Waals surface area contributed by atoms with Crippen LogP contribution in [0.3, 0.4) is 0 Å². The third-order valence-corrected chi connectivity index (χ3v) is 3.28. The van der Waals surface area contributed by atoms with E-state index in [1.807, 2.05) is 30.3 Å². The fourth-order valence-corrected chi connectivity index (χ4v) is 2.40. The molecule has 0 saturated carbocycles. The first-order chi connectivity index (χ1) is 8.86. The molecule has 0 fully saturated rings. The molecule has 0 bridgehead atoms. The smallest absolute Gasteiger partial charge is 0.189 e. The summed E-state index contributed by atoms with van der Waals surface area (Å²) in [6.07, 6.45) is 3.03. The summed E-state index contributed by atoms with van der Waals surface area (Å²) in [6, 6.07) is 9.84. The molecular formula is C12H7N5S. The fourth-order valence-electron chi connectivity index (χ4n) is 1.54. The number of nitriles is 1. The van der Waals surface area contributed by atoms with E-state index in [4.69, 9.17) is 5.26 Å². The van der Waals surface area contributed by atoms with E-state index in [9.17, 15) is 0 Å². The second kappa shape index (κ2) is 4.39. The van der Waals surface area contributed by atoms with Gasteiger partial charge in [-0.2, -0.15) is 5.26 Å². The van der Waals surface area contributed by atoms with Crippen LogP contribution in [-0.4, -0.2) is 15.0 Å². The van der Waals surface area contributed by atoms with Crippen molar-refractivity contribution in [1.29, 1.82) is 5.26 Å². The van der Waals surface area contributed by atoms with Gasteiger partial charge < -0.3 is 5.32 Å². The second-order valence-electron chi connectivity index (χ2n) is 3.48. The molecule has 0 radical (unpaired) electrons. The van der Waals surface area contributed by atoms with Crippen LogP contribution in [0.5, 0.6) is 0 Å². The maximum Gasteiger partial charge on any atom is 0.189 e. The molecule has 18 heavy (non-hydrogen) atoms. The number of fused-ring (bicyclic) bond motifs is 1. The molecule has 86 valence electrons. The number of aromatic nitrogens is 3. The van der Waals surface area contributed by atoms with E-state index in [1.54, 1.807) is 0 Å². The SMILES string of the molecule is N#Cc1nccnc1Nc1nc2ccccc2s1. The molecule has 3 rings (SSSR count). The standard InChI is InChI=1S/C12H7N5S/c13-7-9-11(15-6-5-14-9)17-12-16-8-3-1-2-4-10(8)18-12/h1-6H,(H,15,16,17). The van der Waals surface area contributed by atoms with Crippen LogP contribution in [0, 0.1) is 11.3 Å². The highest BCUT2D eigenvalue weighted by Crippen LogP contribution is 2.27. The van der Waals surface area contributed by atoms with Gasteiger partial charge >= 0.3 is 0 Å². The number of para-hydroxylation sites is 1. The molecule has 0 aliphatic heterocycles. The van der Waals surface area contributed by atoms with Gasteiger partial charge in [0.1, 0.15) is 6.07 Å². The van der Waals surface area contributed by atoms with Crippen LogP contribution in [0.2, 0.25) is 0 Å². The van der Waals surface area contributed by atoms with Gasteiger partial charge in [0.05, 0.1) is 10.2 Å². The predicted molar refractivity (Wildman–Crippen MR) is 69.6 cm³/mol. The first kappa shape index (κ1) is 10.6. The van der Waals surface area contributed by atoms with Crippen LogP contribution in [0.25, 0.3) is 10.2 Å². The Morgan fingerprint density at radius 1 is 1.17 bits per heavy atom. The molecule has 1 N–H and O–H groups in total. The minimum Gasteiger partial charge on any atom is -0.314 e. The molecule has 0 unspecified atom stereocenters. The third-order valence-electron chi connectivity index (χ3n) is 2.32. The molecule has 3 aromatic rings. The molecule has 0 atom stereocenters. The van der Waals surface area contributed by atoms with E-state index in [2.05, 4.69) is 20.3 Å². The summed E-state index contributed by atoms with van der Waals surface area (Å²) in [5, 5.41) is 12.7. The molecular weight excluding hydrogens is 246 g/mol. The Labute approximate surface area is 107 Å². The summed E-state index contributed by atoms with van der Waals surface area (Å²) in [4.78, 5) is 12.4. The number of rotatable bonds is 2. The minimum absolute atomic E-state index is 0.261. The van der Waals surface area contributed by atoms with E-state index in [0.29, 0.717) is 10.9 Å². The Bertz CT molecular complexity index is 710. The number of nitrogens with zero attached hydrogens (tertiary/aromatic N) is 4. The number of hydrogen-bond donors (Lipinski definition) is 1. The van der Waals surface area contributed by atoms with Crippen molar-refractivity contribution < 1.29 is 0 Å². The summed E-state index contributed by atoms with van der Waals surface area (Å²) in [5.74, 6) is 0.430. The van der Waals surface area contributed by atoms with Crippen LogP contribution < -0.4 is 5.32 Å². The summed E-state index contributed by atoms with van der Waals surface area (Å²) < 4.78 is 1.09. The molecule has 0 aliphatic rings. The van der Waals surface area contributed by atoms with Gasteiger partial charge in [0.2, 0.25) is 0 Å². The van der Waals surface area contributed by atoms with Crippen molar-refractivity contribution >= 4 is 32.5 Å². The lowest BCUT2D eigenvalue weighted by Gasteiger charge is -2.01. The highest BCUT2D eigenvalue weighted by molar-refractivity contribution is 7.22. The molecule has 0 spiro atoms. The van der Waals surface area contributed by atoms with Crippen molar-refractivity contribution in [3.05, 3.63) is 42.4 Å². The van der Waals surface area contributed by atoms with Crippen LogP contribution in [0.1, 0.15) is 5.69 Å². The Morgan fingerprint density at radius 3 is 2.83 bits per heavy atom. The van der Waals surface area contributed by atoms with Crippen molar-refractivity contribution in [2.75, 3.05) is 5.32 Å². The number of hydrogen-bond acceptors (Lipinski definition) is 6. The van der Waals surface area contributed by atoms with Gasteiger partial charge in [0.25, 0.3) is 0 Å². The summed E-state index contributed by atoms with van der Waals surface area (Å²) >= 11 is 1.51. The highest BCUT2D eigenvalue weighted by atomic mass is 32.1. The Morgan fingerprint density at radius 2 is 2.00 bits per heavy atom. The summed E-state index contributed by atoms with van der Waals surface area (Å²) in [7, 11) is 0. The maximum absolute atomic E-state index is 8.93. The number of nitrogens with one attached hydrogen (secondary N) is 1. The van der Waals surface area contributed by atoms with E-state index < -0.39 is 0 Å². The zero-order valence-corrected chi connectivity index (χ0v) is 9.98. The zero-order valence-electron chi connectivity index (χ0n) is 9.16.